The van der Waals surface area contributed by atoms with Crippen molar-refractivity contribution in [2.45, 2.75) is 32.2 Å². The summed E-state index contributed by atoms with van der Waals surface area (Å²) < 4.78 is 0. The van der Waals surface area contributed by atoms with Crippen LogP contribution in [0.4, 0.5) is 0 Å². The molecule has 0 aliphatic heterocycles. The van der Waals surface area contributed by atoms with Crippen molar-refractivity contribution in [3.05, 3.63) is 35.9 Å². The third kappa shape index (κ3) is 5.70. The highest BCUT2D eigenvalue weighted by Crippen LogP contribution is 2.04. The van der Waals surface area contributed by atoms with E-state index in [2.05, 4.69) is 5.32 Å². The molecule has 1 aromatic carbocycles. The summed E-state index contributed by atoms with van der Waals surface area (Å²) in [5, 5.41) is 11.1. The number of carboxylic acids is 1. The molecule has 0 aliphatic carbocycles. The smallest absolute Gasteiger partial charge is 0.312 e. The molecule has 1 unspecified atom stereocenters. The molecule has 0 radical (unpaired) electrons. The van der Waals surface area contributed by atoms with Crippen LogP contribution >= 0.6 is 0 Å². The SMILES string of the molecule is CC(CCc1ccccc1)NC(=O)CC(=O)O. The summed E-state index contributed by atoms with van der Waals surface area (Å²) in [4.78, 5) is 21.5. The fourth-order valence-corrected chi connectivity index (χ4v) is 1.56. The second kappa shape index (κ2) is 6.68. The molecule has 0 saturated carbocycles. The van der Waals surface area contributed by atoms with Crippen molar-refractivity contribution in [2.75, 3.05) is 0 Å². The molecule has 0 heterocycles. The third-order valence-electron chi connectivity index (χ3n) is 2.43. The number of rotatable bonds is 6. The summed E-state index contributed by atoms with van der Waals surface area (Å²) in [6.07, 6.45) is 1.21. The average Bonchev–Trinajstić information content (AvgIpc) is 2.26. The first-order chi connectivity index (χ1) is 8.08. The number of carbonyl (C=O) groups excluding carboxylic acids is 1. The Bertz CT molecular complexity index is 376. The molecule has 0 saturated heterocycles. The van der Waals surface area contributed by atoms with Gasteiger partial charge in [-0.3, -0.25) is 9.59 Å². The number of carbonyl (C=O) groups is 2. The maximum Gasteiger partial charge on any atom is 0.312 e. The van der Waals surface area contributed by atoms with Crippen molar-refractivity contribution in [3.8, 4) is 0 Å². The van der Waals surface area contributed by atoms with Crippen molar-refractivity contribution in [1.82, 2.24) is 5.32 Å². The zero-order valence-corrected chi connectivity index (χ0v) is 9.85. The fourth-order valence-electron chi connectivity index (χ4n) is 1.56. The minimum Gasteiger partial charge on any atom is -0.481 e. The van der Waals surface area contributed by atoms with Gasteiger partial charge >= 0.3 is 5.97 Å². The summed E-state index contributed by atoms with van der Waals surface area (Å²) in [5.41, 5.74) is 1.21. The molecule has 1 amide bonds. The van der Waals surface area contributed by atoms with Crippen molar-refractivity contribution in [2.24, 2.45) is 0 Å². The number of nitrogens with one attached hydrogen (secondary N) is 1. The van der Waals surface area contributed by atoms with Crippen molar-refractivity contribution in [1.29, 1.82) is 0 Å². The lowest BCUT2D eigenvalue weighted by Crippen LogP contribution is -2.34. The van der Waals surface area contributed by atoms with Crippen LogP contribution in [0.25, 0.3) is 0 Å². The second-order valence-electron chi connectivity index (χ2n) is 4.06. The van der Waals surface area contributed by atoms with Crippen molar-refractivity contribution in [3.63, 3.8) is 0 Å². The van der Waals surface area contributed by atoms with Crippen LogP contribution in [0.3, 0.4) is 0 Å². The van der Waals surface area contributed by atoms with Gasteiger partial charge in [0.05, 0.1) is 0 Å². The van der Waals surface area contributed by atoms with Crippen LogP contribution in [0.5, 0.6) is 0 Å². The highest BCUT2D eigenvalue weighted by molar-refractivity contribution is 5.93. The summed E-state index contributed by atoms with van der Waals surface area (Å²) in [5.74, 6) is -1.53. The summed E-state index contributed by atoms with van der Waals surface area (Å²) >= 11 is 0. The second-order valence-corrected chi connectivity index (χ2v) is 4.06. The van der Waals surface area contributed by atoms with Gasteiger partial charge in [0.2, 0.25) is 5.91 Å². The molecular weight excluding hydrogens is 218 g/mol. The summed E-state index contributed by atoms with van der Waals surface area (Å²) in [6, 6.07) is 9.97. The molecule has 4 nitrogen and oxygen atoms in total. The van der Waals surface area contributed by atoms with E-state index >= 15 is 0 Å². The van der Waals surface area contributed by atoms with Crippen LogP contribution < -0.4 is 5.32 Å². The monoisotopic (exact) mass is 235 g/mol. The van der Waals surface area contributed by atoms with E-state index in [9.17, 15) is 9.59 Å². The highest BCUT2D eigenvalue weighted by atomic mass is 16.4. The molecule has 17 heavy (non-hydrogen) atoms. The fraction of sp³-hybridized carbons (Fsp3) is 0.385. The lowest BCUT2D eigenvalue weighted by atomic mass is 10.1. The standard InChI is InChI=1S/C13H17NO3/c1-10(14-12(15)9-13(16)17)7-8-11-5-3-2-4-6-11/h2-6,10H,7-9H2,1H3,(H,14,15)(H,16,17). The van der Waals surface area contributed by atoms with Gasteiger partial charge < -0.3 is 10.4 Å². The van der Waals surface area contributed by atoms with Crippen LogP contribution in [0.1, 0.15) is 25.3 Å². The largest absolute Gasteiger partial charge is 0.481 e. The Morgan fingerprint density at radius 3 is 2.53 bits per heavy atom. The van der Waals surface area contributed by atoms with E-state index < -0.39 is 18.3 Å². The topological polar surface area (TPSA) is 66.4 Å². The van der Waals surface area contributed by atoms with Gasteiger partial charge in [0, 0.05) is 6.04 Å². The molecule has 2 N–H and O–H groups in total. The van der Waals surface area contributed by atoms with Crippen molar-refractivity contribution < 1.29 is 14.7 Å². The lowest BCUT2D eigenvalue weighted by Gasteiger charge is -2.12. The minimum atomic E-state index is -1.10. The zero-order valence-electron chi connectivity index (χ0n) is 9.85. The first-order valence-corrected chi connectivity index (χ1v) is 5.63. The third-order valence-corrected chi connectivity index (χ3v) is 2.43. The van der Waals surface area contributed by atoms with Gasteiger partial charge in [-0.1, -0.05) is 30.3 Å². The van der Waals surface area contributed by atoms with Crippen LogP contribution in [-0.2, 0) is 16.0 Å². The number of carboxylic acid groups (broad SMARTS) is 1. The Hall–Kier alpha value is -1.84. The van der Waals surface area contributed by atoms with Crippen molar-refractivity contribution >= 4 is 11.9 Å². The number of hydrogen-bond donors (Lipinski definition) is 2. The number of benzene rings is 1. The molecular formula is C13H17NO3. The van der Waals surface area contributed by atoms with Gasteiger partial charge in [0.1, 0.15) is 6.42 Å². The van der Waals surface area contributed by atoms with Crippen LogP contribution in [0.15, 0.2) is 30.3 Å². The van der Waals surface area contributed by atoms with Gasteiger partial charge in [-0.15, -0.1) is 0 Å². The molecule has 92 valence electrons. The van der Waals surface area contributed by atoms with E-state index in [1.54, 1.807) is 0 Å². The van der Waals surface area contributed by atoms with E-state index in [1.807, 2.05) is 37.3 Å². The van der Waals surface area contributed by atoms with Gasteiger partial charge in [0.15, 0.2) is 0 Å². The Balaban J connectivity index is 2.28. The quantitative estimate of drug-likeness (QED) is 0.736. The molecule has 1 atom stereocenters. The van der Waals surface area contributed by atoms with Crippen LogP contribution in [0.2, 0.25) is 0 Å². The maximum atomic E-state index is 11.2. The number of hydrogen-bond acceptors (Lipinski definition) is 2. The maximum absolute atomic E-state index is 11.2. The minimum absolute atomic E-state index is 0.0120. The molecule has 4 heteroatoms. The number of aliphatic carboxylic acids is 1. The average molecular weight is 235 g/mol. The molecule has 0 fully saturated rings. The molecule has 0 aromatic heterocycles. The molecule has 1 rings (SSSR count). The zero-order chi connectivity index (χ0) is 12.7. The first-order valence-electron chi connectivity index (χ1n) is 5.63. The first kappa shape index (κ1) is 13.2. The molecule has 1 aromatic rings. The van der Waals surface area contributed by atoms with Crippen LogP contribution in [0, 0.1) is 0 Å². The molecule has 0 bridgehead atoms. The lowest BCUT2D eigenvalue weighted by molar-refractivity contribution is -0.140. The Labute approximate surface area is 101 Å². The van der Waals surface area contributed by atoms with E-state index in [0.717, 1.165) is 12.8 Å². The summed E-state index contributed by atoms with van der Waals surface area (Å²) in [6.45, 7) is 1.88. The predicted octanol–water partition coefficient (Wildman–Crippen LogP) is 1.60. The van der Waals surface area contributed by atoms with E-state index in [4.69, 9.17) is 5.11 Å². The molecule has 0 aliphatic rings. The van der Waals surface area contributed by atoms with E-state index in [0.29, 0.717) is 0 Å². The van der Waals surface area contributed by atoms with Gasteiger partial charge in [-0.25, -0.2) is 0 Å². The highest BCUT2D eigenvalue weighted by Gasteiger charge is 2.10. The Morgan fingerprint density at radius 1 is 1.29 bits per heavy atom. The Kier molecular flexibility index (Phi) is 5.20. The predicted molar refractivity (Wildman–Crippen MR) is 64.6 cm³/mol. The van der Waals surface area contributed by atoms with Crippen LogP contribution in [-0.4, -0.2) is 23.0 Å². The van der Waals surface area contributed by atoms with Gasteiger partial charge in [0.25, 0.3) is 0 Å². The Morgan fingerprint density at radius 2 is 1.94 bits per heavy atom. The summed E-state index contributed by atoms with van der Waals surface area (Å²) in [7, 11) is 0. The number of amides is 1. The van der Waals surface area contributed by atoms with Gasteiger partial charge in [-0.05, 0) is 25.3 Å². The van der Waals surface area contributed by atoms with Gasteiger partial charge in [-0.2, -0.15) is 0 Å². The molecule has 0 spiro atoms. The number of aryl methyl sites for hydroxylation is 1. The van der Waals surface area contributed by atoms with E-state index in [1.165, 1.54) is 5.56 Å². The van der Waals surface area contributed by atoms with E-state index in [-0.39, 0.29) is 6.04 Å². The normalized spacial score (nSPS) is 11.8.